The van der Waals surface area contributed by atoms with Crippen molar-refractivity contribution >= 4 is 5.96 Å². The zero-order valence-electron chi connectivity index (χ0n) is 16.2. The van der Waals surface area contributed by atoms with Crippen LogP contribution < -0.4 is 10.6 Å². The van der Waals surface area contributed by atoms with Gasteiger partial charge in [0, 0.05) is 38.8 Å². The molecule has 0 saturated carbocycles. The van der Waals surface area contributed by atoms with E-state index in [1.165, 1.54) is 58.3 Å². The Bertz CT molecular complexity index is 371. The highest BCUT2D eigenvalue weighted by molar-refractivity contribution is 5.79. The zero-order valence-corrected chi connectivity index (χ0v) is 16.2. The van der Waals surface area contributed by atoms with Gasteiger partial charge in [0.05, 0.1) is 0 Å². The van der Waals surface area contributed by atoms with Crippen LogP contribution in [0.1, 0.15) is 52.9 Å². The standard InChI is InChI=1S/C19H39N5/c1-4-18-9-7-8-12-24(18)14-11-21-19(20-5-2)22-15-17-10-13-23(6-3)16-17/h17-18H,4-16H2,1-3H3,(H2,20,21,22). The summed E-state index contributed by atoms with van der Waals surface area (Å²) in [5.41, 5.74) is 0. The molecule has 0 aliphatic carbocycles. The topological polar surface area (TPSA) is 42.9 Å². The molecule has 2 aliphatic heterocycles. The SMILES string of the molecule is CCNC(=NCC1CCN(CC)C1)NCCN1CCCCC1CC. The van der Waals surface area contributed by atoms with Crippen molar-refractivity contribution in [2.75, 3.05) is 52.4 Å². The van der Waals surface area contributed by atoms with Crippen molar-refractivity contribution in [2.24, 2.45) is 10.9 Å². The van der Waals surface area contributed by atoms with Crippen molar-refractivity contribution in [3.05, 3.63) is 0 Å². The second kappa shape index (κ2) is 10.9. The van der Waals surface area contributed by atoms with E-state index in [4.69, 9.17) is 4.99 Å². The molecule has 0 aromatic heterocycles. The third kappa shape index (κ3) is 6.25. The third-order valence-corrected chi connectivity index (χ3v) is 5.58. The first-order valence-electron chi connectivity index (χ1n) is 10.2. The van der Waals surface area contributed by atoms with Gasteiger partial charge < -0.3 is 15.5 Å². The molecule has 2 fully saturated rings. The van der Waals surface area contributed by atoms with Crippen molar-refractivity contribution in [3.63, 3.8) is 0 Å². The van der Waals surface area contributed by atoms with Gasteiger partial charge in [0.15, 0.2) is 5.96 Å². The van der Waals surface area contributed by atoms with Crippen molar-refractivity contribution in [1.29, 1.82) is 0 Å². The number of hydrogen-bond donors (Lipinski definition) is 2. The van der Waals surface area contributed by atoms with Crippen molar-refractivity contribution in [2.45, 2.75) is 58.9 Å². The molecular formula is C19H39N5. The number of hydrogen-bond acceptors (Lipinski definition) is 3. The van der Waals surface area contributed by atoms with Gasteiger partial charge in [0.2, 0.25) is 0 Å². The maximum absolute atomic E-state index is 4.84. The summed E-state index contributed by atoms with van der Waals surface area (Å²) in [6, 6.07) is 0.790. The Balaban J connectivity index is 1.73. The number of guanidine groups is 1. The summed E-state index contributed by atoms with van der Waals surface area (Å²) < 4.78 is 0. The van der Waals surface area contributed by atoms with E-state index in [2.05, 4.69) is 41.2 Å². The first-order chi connectivity index (χ1) is 11.8. The number of piperidine rings is 1. The van der Waals surface area contributed by atoms with Crippen LogP contribution >= 0.6 is 0 Å². The first kappa shape index (κ1) is 19.5. The fourth-order valence-electron chi connectivity index (χ4n) is 4.05. The maximum Gasteiger partial charge on any atom is 0.191 e. The Morgan fingerprint density at radius 1 is 1.08 bits per heavy atom. The lowest BCUT2D eigenvalue weighted by atomic mass is 10.0. The van der Waals surface area contributed by atoms with Crippen LogP contribution in [0.5, 0.6) is 0 Å². The van der Waals surface area contributed by atoms with Crippen LogP contribution in [0.3, 0.4) is 0 Å². The molecule has 2 aliphatic rings. The highest BCUT2D eigenvalue weighted by atomic mass is 15.2. The molecular weight excluding hydrogens is 298 g/mol. The molecule has 2 rings (SSSR count). The molecule has 5 nitrogen and oxygen atoms in total. The number of nitrogens with one attached hydrogen (secondary N) is 2. The van der Waals surface area contributed by atoms with Gasteiger partial charge in [-0.3, -0.25) is 9.89 Å². The summed E-state index contributed by atoms with van der Waals surface area (Å²) in [6.07, 6.45) is 6.72. The molecule has 2 heterocycles. The van der Waals surface area contributed by atoms with Crippen LogP contribution in [0.2, 0.25) is 0 Å². The lowest BCUT2D eigenvalue weighted by Gasteiger charge is -2.35. The molecule has 2 atom stereocenters. The molecule has 0 spiro atoms. The van der Waals surface area contributed by atoms with Gasteiger partial charge in [-0.25, -0.2) is 0 Å². The van der Waals surface area contributed by atoms with Crippen LogP contribution in [-0.2, 0) is 0 Å². The van der Waals surface area contributed by atoms with E-state index in [0.717, 1.165) is 44.1 Å². The molecule has 2 N–H and O–H groups in total. The van der Waals surface area contributed by atoms with E-state index >= 15 is 0 Å². The molecule has 0 amide bonds. The molecule has 0 aromatic carbocycles. The quantitative estimate of drug-likeness (QED) is 0.526. The van der Waals surface area contributed by atoms with Gasteiger partial charge >= 0.3 is 0 Å². The minimum atomic E-state index is 0.729. The summed E-state index contributed by atoms with van der Waals surface area (Å²) in [7, 11) is 0. The summed E-state index contributed by atoms with van der Waals surface area (Å²) >= 11 is 0. The molecule has 0 radical (unpaired) electrons. The fraction of sp³-hybridized carbons (Fsp3) is 0.947. The molecule has 140 valence electrons. The largest absolute Gasteiger partial charge is 0.357 e. The lowest BCUT2D eigenvalue weighted by molar-refractivity contribution is 0.147. The van der Waals surface area contributed by atoms with Gasteiger partial charge in [-0.2, -0.15) is 0 Å². The molecule has 0 bridgehead atoms. The minimum Gasteiger partial charge on any atom is -0.357 e. The highest BCUT2D eigenvalue weighted by Gasteiger charge is 2.21. The van der Waals surface area contributed by atoms with Crippen LogP contribution in [-0.4, -0.2) is 74.2 Å². The Labute approximate surface area is 149 Å². The van der Waals surface area contributed by atoms with Crippen LogP contribution in [0.15, 0.2) is 4.99 Å². The van der Waals surface area contributed by atoms with E-state index in [-0.39, 0.29) is 0 Å². The Hall–Kier alpha value is -0.810. The Kier molecular flexibility index (Phi) is 8.89. The summed E-state index contributed by atoms with van der Waals surface area (Å²) in [4.78, 5) is 10.0. The van der Waals surface area contributed by atoms with Crippen LogP contribution in [0.4, 0.5) is 0 Å². The minimum absolute atomic E-state index is 0.729. The van der Waals surface area contributed by atoms with Crippen LogP contribution in [0.25, 0.3) is 0 Å². The summed E-state index contributed by atoms with van der Waals surface area (Å²) in [5, 5.41) is 6.95. The molecule has 24 heavy (non-hydrogen) atoms. The molecule has 5 heteroatoms. The average molecular weight is 338 g/mol. The molecule has 2 unspecified atom stereocenters. The molecule has 2 saturated heterocycles. The monoisotopic (exact) mass is 337 g/mol. The van der Waals surface area contributed by atoms with Crippen molar-refractivity contribution < 1.29 is 0 Å². The smallest absolute Gasteiger partial charge is 0.191 e. The number of nitrogens with zero attached hydrogens (tertiary/aromatic N) is 3. The molecule has 0 aromatic rings. The van der Waals surface area contributed by atoms with Crippen molar-refractivity contribution in [3.8, 4) is 0 Å². The van der Waals surface area contributed by atoms with Gasteiger partial charge in [-0.1, -0.05) is 20.3 Å². The second-order valence-electron chi connectivity index (χ2n) is 7.29. The van der Waals surface area contributed by atoms with Gasteiger partial charge in [0.1, 0.15) is 0 Å². The predicted molar refractivity (Wildman–Crippen MR) is 104 cm³/mol. The lowest BCUT2D eigenvalue weighted by Crippen LogP contribution is -2.46. The first-order valence-corrected chi connectivity index (χ1v) is 10.2. The zero-order chi connectivity index (χ0) is 17.2. The summed E-state index contributed by atoms with van der Waals surface area (Å²) in [6.45, 7) is 15.6. The Morgan fingerprint density at radius 3 is 2.67 bits per heavy atom. The average Bonchev–Trinajstić information content (AvgIpc) is 3.08. The van der Waals surface area contributed by atoms with E-state index in [1.807, 2.05) is 0 Å². The van der Waals surface area contributed by atoms with E-state index in [9.17, 15) is 0 Å². The van der Waals surface area contributed by atoms with Crippen molar-refractivity contribution in [1.82, 2.24) is 20.4 Å². The highest BCUT2D eigenvalue weighted by Crippen LogP contribution is 2.18. The number of aliphatic imine (C=N–C) groups is 1. The maximum atomic E-state index is 4.84. The van der Waals surface area contributed by atoms with E-state index in [0.29, 0.717) is 0 Å². The third-order valence-electron chi connectivity index (χ3n) is 5.58. The normalized spacial score (nSPS) is 26.7. The van der Waals surface area contributed by atoms with Gasteiger partial charge in [0.25, 0.3) is 0 Å². The fourth-order valence-corrected chi connectivity index (χ4v) is 4.05. The second-order valence-corrected chi connectivity index (χ2v) is 7.29. The van der Waals surface area contributed by atoms with Gasteiger partial charge in [-0.15, -0.1) is 0 Å². The number of rotatable bonds is 8. The Morgan fingerprint density at radius 2 is 1.96 bits per heavy atom. The number of likely N-dealkylation sites (tertiary alicyclic amines) is 2. The van der Waals surface area contributed by atoms with Crippen LogP contribution in [0, 0.1) is 5.92 Å². The van der Waals surface area contributed by atoms with Gasteiger partial charge in [-0.05, 0) is 58.2 Å². The van der Waals surface area contributed by atoms with E-state index < -0.39 is 0 Å². The van der Waals surface area contributed by atoms with E-state index in [1.54, 1.807) is 0 Å². The predicted octanol–water partition coefficient (Wildman–Crippen LogP) is 2.15. The summed E-state index contributed by atoms with van der Waals surface area (Å²) in [5.74, 6) is 1.73.